The van der Waals surface area contributed by atoms with Crippen molar-refractivity contribution < 1.29 is 42.9 Å². The Labute approximate surface area is 627 Å². The van der Waals surface area contributed by atoms with Crippen molar-refractivity contribution in [2.75, 3.05) is 47.5 Å². The molecule has 0 bridgehead atoms. The highest BCUT2D eigenvalue weighted by atomic mass is 16.7. The molecular weight excluding hydrogens is 1250 g/mol. The van der Waals surface area contributed by atoms with E-state index in [2.05, 4.69) is 98.9 Å². The highest BCUT2D eigenvalue weighted by molar-refractivity contribution is 5.71. The molecule has 0 aliphatic rings. The molecule has 0 spiro atoms. The number of esters is 2. The highest BCUT2D eigenvalue weighted by Gasteiger charge is 2.25. The van der Waals surface area contributed by atoms with Crippen LogP contribution in [-0.4, -0.2) is 87.4 Å². The molecule has 0 heterocycles. The number of likely N-dealkylation sites (N-methyl/N-ethyl adjacent to an activating group) is 1. The molecule has 101 heavy (non-hydrogen) atoms. The van der Waals surface area contributed by atoms with E-state index in [4.69, 9.17) is 18.9 Å². The smallest absolute Gasteiger partial charge is 0.361 e. The number of hydrogen-bond acceptors (Lipinski definition) is 7. The summed E-state index contributed by atoms with van der Waals surface area (Å²) in [4.78, 5) is 37.8. The fraction of sp³-hybridized carbons (Fsp3) is 0.815. The van der Waals surface area contributed by atoms with Gasteiger partial charge < -0.3 is 28.5 Å². The molecule has 1 N–H and O–H groups in total. The maximum absolute atomic E-state index is 13.0. The van der Waals surface area contributed by atoms with Gasteiger partial charge in [0.2, 0.25) is 0 Å². The molecule has 0 aromatic heterocycles. The van der Waals surface area contributed by atoms with Gasteiger partial charge in [-0.15, -0.1) is 0 Å². The summed E-state index contributed by atoms with van der Waals surface area (Å²) in [5, 5.41) is 9.79. The fourth-order valence-electron chi connectivity index (χ4n) is 13.1. The number of quaternary nitrogens is 1. The van der Waals surface area contributed by atoms with Gasteiger partial charge in [0, 0.05) is 12.8 Å². The Bertz CT molecular complexity index is 1940. The summed E-state index contributed by atoms with van der Waals surface area (Å²) in [7, 11) is 5.99. The maximum Gasteiger partial charge on any atom is 0.361 e. The Kier molecular flexibility index (Phi) is 79.3. The average Bonchev–Trinajstić information content (AvgIpc) is 1.25. The first-order valence-electron chi connectivity index (χ1n) is 43.8. The molecular formula is C92H168NO8+. The molecule has 0 saturated heterocycles. The van der Waals surface area contributed by atoms with Crippen LogP contribution in [0.2, 0.25) is 0 Å². The number of carboxylic acids is 1. The third kappa shape index (κ3) is 83.6. The van der Waals surface area contributed by atoms with Crippen LogP contribution in [0.4, 0.5) is 0 Å². The second kappa shape index (κ2) is 82.1. The first-order valence-corrected chi connectivity index (χ1v) is 43.8. The van der Waals surface area contributed by atoms with E-state index in [0.29, 0.717) is 17.4 Å². The Balaban J connectivity index is 3.94. The molecule has 588 valence electrons. The third-order valence-corrected chi connectivity index (χ3v) is 19.7. The molecule has 0 aliphatic carbocycles. The number of ether oxygens (including phenoxy) is 4. The molecule has 0 radical (unpaired) electrons. The van der Waals surface area contributed by atoms with E-state index in [-0.39, 0.29) is 32.2 Å². The summed E-state index contributed by atoms with van der Waals surface area (Å²) in [6, 6.07) is 0. The number of rotatable bonds is 82. The van der Waals surface area contributed by atoms with Crippen LogP contribution in [0.15, 0.2) is 85.1 Å². The quantitative estimate of drug-likeness (QED) is 0.0211. The normalized spacial score (nSPS) is 13.0. The van der Waals surface area contributed by atoms with Gasteiger partial charge >= 0.3 is 17.9 Å². The van der Waals surface area contributed by atoms with Gasteiger partial charge in [-0.3, -0.25) is 9.59 Å². The summed E-state index contributed by atoms with van der Waals surface area (Å²) in [5.74, 6) is -1.98. The molecule has 2 atom stereocenters. The van der Waals surface area contributed by atoms with Crippen molar-refractivity contribution >= 4 is 17.9 Å². The van der Waals surface area contributed by atoms with Crippen molar-refractivity contribution in [3.63, 3.8) is 0 Å². The van der Waals surface area contributed by atoms with Crippen LogP contribution in [0.3, 0.4) is 0 Å². The molecule has 0 aromatic carbocycles. The lowest BCUT2D eigenvalue weighted by Crippen LogP contribution is -2.40. The van der Waals surface area contributed by atoms with Crippen molar-refractivity contribution in [1.82, 2.24) is 0 Å². The van der Waals surface area contributed by atoms with Gasteiger partial charge in [0.05, 0.1) is 34.4 Å². The Morgan fingerprint density at radius 3 is 0.842 bits per heavy atom. The summed E-state index contributed by atoms with van der Waals surface area (Å²) in [6.45, 7) is 4.83. The van der Waals surface area contributed by atoms with E-state index in [1.807, 2.05) is 21.1 Å². The van der Waals surface area contributed by atoms with Crippen molar-refractivity contribution in [1.29, 1.82) is 0 Å². The Morgan fingerprint density at radius 1 is 0.307 bits per heavy atom. The fourth-order valence-corrected chi connectivity index (χ4v) is 13.1. The molecule has 2 unspecified atom stereocenters. The lowest BCUT2D eigenvalue weighted by Gasteiger charge is -2.25. The van der Waals surface area contributed by atoms with Gasteiger partial charge in [0.25, 0.3) is 6.29 Å². The zero-order valence-electron chi connectivity index (χ0n) is 67.6. The minimum atomic E-state index is -1.51. The first-order chi connectivity index (χ1) is 49.6. The minimum Gasteiger partial charge on any atom is -0.477 e. The monoisotopic (exact) mass is 1420 g/mol. The van der Waals surface area contributed by atoms with Crippen LogP contribution in [-0.2, 0) is 33.3 Å². The van der Waals surface area contributed by atoms with Crippen LogP contribution in [0.5, 0.6) is 0 Å². The van der Waals surface area contributed by atoms with Crippen LogP contribution < -0.4 is 0 Å². The number of allylic oxidation sites excluding steroid dienone is 14. The molecule has 0 fully saturated rings. The second-order valence-electron chi connectivity index (χ2n) is 30.8. The first kappa shape index (κ1) is 97.5. The van der Waals surface area contributed by atoms with Crippen molar-refractivity contribution in [2.24, 2.45) is 0 Å². The van der Waals surface area contributed by atoms with Gasteiger partial charge in [0.1, 0.15) is 13.2 Å². The molecule has 9 heteroatoms. The standard InChI is InChI=1S/C92H167NO8/c1-6-8-10-12-14-16-18-20-22-24-26-28-30-32-34-36-38-40-42-43-44-45-46-47-49-50-52-54-56-58-60-62-64-66-68-70-72-74-76-78-80-82-89(94)99-86-88(87-100-92(91(96)97)98-85-84-93(3,4)5)101-90(95)83-81-79-77-75-73-71-69-67-65-63-61-59-57-55-53-51-48-41-39-37-35-33-31-29-27-25-23-21-19-17-15-13-11-9-7-2/h9,11,15,17,21,23,27,29,33,35,39,41,51,53,88,92H,6-8,10,12-14,16,18-20,22,24-26,28,30-32,34,36-38,40,42-50,52,54-87H2,1-5H3/p+1/b11-9-,17-15-,23-21-,29-27-,35-33-,41-39-,53-51-. The number of carbonyl (C=O) groups excluding carboxylic acids is 2. The van der Waals surface area contributed by atoms with Crippen LogP contribution in [0.1, 0.15) is 425 Å². The Hall–Kier alpha value is -3.53. The van der Waals surface area contributed by atoms with Crippen LogP contribution in [0.25, 0.3) is 0 Å². The molecule has 9 nitrogen and oxygen atoms in total. The van der Waals surface area contributed by atoms with Crippen molar-refractivity contribution in [3.8, 4) is 0 Å². The van der Waals surface area contributed by atoms with E-state index >= 15 is 0 Å². The van der Waals surface area contributed by atoms with E-state index in [9.17, 15) is 19.5 Å². The van der Waals surface area contributed by atoms with Crippen molar-refractivity contribution in [2.45, 2.75) is 437 Å². The zero-order chi connectivity index (χ0) is 73.2. The topological polar surface area (TPSA) is 108 Å². The average molecular weight is 1420 g/mol. The lowest BCUT2D eigenvalue weighted by atomic mass is 10.0. The third-order valence-electron chi connectivity index (χ3n) is 19.7. The number of carbonyl (C=O) groups is 3. The summed E-state index contributed by atoms with van der Waals surface area (Å²) in [6.07, 6.45) is 111. The van der Waals surface area contributed by atoms with E-state index in [0.717, 1.165) is 83.5 Å². The van der Waals surface area contributed by atoms with E-state index in [1.54, 1.807) is 0 Å². The molecule has 0 aromatic rings. The number of unbranched alkanes of at least 4 members (excludes halogenated alkanes) is 53. The summed E-state index contributed by atoms with van der Waals surface area (Å²) < 4.78 is 23.1. The SMILES string of the molecule is CC/C=C\C/C=C\C/C=C\C/C=C\C/C=C\C/C=C\C/C=C\CCCCCCCCCCCCCCCC(=O)OC(COC(=O)CCCCCCCCCCCCCCCCCCCCCCCCCCCCCCCCCCCCCCCCCCC)COC(OCC[N+](C)(C)C)C(=O)O. The summed E-state index contributed by atoms with van der Waals surface area (Å²) >= 11 is 0. The van der Waals surface area contributed by atoms with E-state index in [1.165, 1.54) is 315 Å². The van der Waals surface area contributed by atoms with Gasteiger partial charge in [-0.1, -0.05) is 426 Å². The van der Waals surface area contributed by atoms with Crippen LogP contribution >= 0.6 is 0 Å². The zero-order valence-corrected chi connectivity index (χ0v) is 67.6. The molecule has 0 rings (SSSR count). The molecule has 0 amide bonds. The lowest BCUT2D eigenvalue weighted by molar-refractivity contribution is -0.870. The van der Waals surface area contributed by atoms with Crippen molar-refractivity contribution in [3.05, 3.63) is 85.1 Å². The predicted octanol–water partition coefficient (Wildman–Crippen LogP) is 28.5. The Morgan fingerprint density at radius 2 is 0.564 bits per heavy atom. The number of hydrogen-bond donors (Lipinski definition) is 1. The largest absolute Gasteiger partial charge is 0.477 e. The van der Waals surface area contributed by atoms with Gasteiger partial charge in [0.15, 0.2) is 6.10 Å². The predicted molar refractivity (Wildman–Crippen MR) is 438 cm³/mol. The molecule has 0 aliphatic heterocycles. The number of carboxylic acid groups (broad SMARTS) is 1. The highest BCUT2D eigenvalue weighted by Crippen LogP contribution is 2.20. The number of nitrogens with zero attached hydrogens (tertiary/aromatic N) is 1. The van der Waals surface area contributed by atoms with Gasteiger partial charge in [-0.05, 0) is 70.6 Å². The van der Waals surface area contributed by atoms with Gasteiger partial charge in [-0.25, -0.2) is 4.79 Å². The number of aliphatic carboxylic acids is 1. The van der Waals surface area contributed by atoms with Gasteiger partial charge in [-0.2, -0.15) is 0 Å². The molecule has 0 saturated carbocycles. The maximum atomic E-state index is 13.0. The van der Waals surface area contributed by atoms with Crippen LogP contribution in [0, 0.1) is 0 Å². The minimum absolute atomic E-state index is 0.181. The summed E-state index contributed by atoms with van der Waals surface area (Å²) in [5.41, 5.74) is 0. The van der Waals surface area contributed by atoms with E-state index < -0.39 is 24.3 Å². The second-order valence-corrected chi connectivity index (χ2v) is 30.8.